The van der Waals surface area contributed by atoms with Gasteiger partial charge in [-0.1, -0.05) is 47.0 Å². The summed E-state index contributed by atoms with van der Waals surface area (Å²) in [6.07, 6.45) is 9.36. The van der Waals surface area contributed by atoms with E-state index in [0.717, 1.165) is 28.8 Å². The smallest absolute Gasteiger partial charge is 0.166 e. The van der Waals surface area contributed by atoms with E-state index in [0.29, 0.717) is 12.1 Å². The van der Waals surface area contributed by atoms with Crippen LogP contribution in [0, 0.1) is 23.7 Å². The molecule has 0 spiro atoms. The van der Waals surface area contributed by atoms with Gasteiger partial charge in [0, 0.05) is 12.1 Å². The molecule has 0 saturated heterocycles. The summed E-state index contributed by atoms with van der Waals surface area (Å²) >= 11 is 5.63. The Morgan fingerprint density at radius 1 is 0.810 bits per heavy atom. The van der Waals surface area contributed by atoms with Gasteiger partial charge in [0.05, 0.1) is 0 Å². The lowest BCUT2D eigenvalue weighted by Crippen LogP contribution is -2.54. The molecule has 2 saturated carbocycles. The lowest BCUT2D eigenvalue weighted by molar-refractivity contribution is 0.127. The molecule has 2 unspecified atom stereocenters. The summed E-state index contributed by atoms with van der Waals surface area (Å²) in [5, 5.41) is 8.20. The maximum Gasteiger partial charge on any atom is 0.166 e. The maximum absolute atomic E-state index is 5.63. The van der Waals surface area contributed by atoms with Gasteiger partial charge in [-0.15, -0.1) is 0 Å². The summed E-state index contributed by atoms with van der Waals surface area (Å²) in [6.45, 7) is 9.48. The van der Waals surface area contributed by atoms with Crippen molar-refractivity contribution in [1.82, 2.24) is 10.6 Å². The van der Waals surface area contributed by atoms with Crippen molar-refractivity contribution in [2.75, 3.05) is 0 Å². The van der Waals surface area contributed by atoms with Crippen molar-refractivity contribution < 1.29 is 0 Å². The molecule has 122 valence electrons. The van der Waals surface area contributed by atoms with E-state index in [1.54, 1.807) is 0 Å². The van der Waals surface area contributed by atoms with Gasteiger partial charge in [-0.25, -0.2) is 0 Å². The normalized spacial score (nSPS) is 30.9. The van der Waals surface area contributed by atoms with Gasteiger partial charge in [0.15, 0.2) is 5.11 Å². The lowest BCUT2D eigenvalue weighted by atomic mass is 9.68. The van der Waals surface area contributed by atoms with Gasteiger partial charge in [0.25, 0.3) is 0 Å². The third-order valence-electron chi connectivity index (χ3n) is 5.70. The minimum atomic E-state index is 0.556. The van der Waals surface area contributed by atoms with Crippen LogP contribution in [0.25, 0.3) is 0 Å². The summed E-state index contributed by atoms with van der Waals surface area (Å²) in [5.41, 5.74) is 0. The van der Waals surface area contributed by atoms with Gasteiger partial charge < -0.3 is 10.6 Å². The van der Waals surface area contributed by atoms with Gasteiger partial charge in [0.1, 0.15) is 0 Å². The molecule has 0 heterocycles. The predicted octanol–water partition coefficient (Wildman–Crippen LogP) is 4.49. The fourth-order valence-electron chi connectivity index (χ4n) is 4.42. The third-order valence-corrected chi connectivity index (χ3v) is 5.93. The van der Waals surface area contributed by atoms with Crippen molar-refractivity contribution in [2.24, 2.45) is 23.7 Å². The Hall–Kier alpha value is -0.310. The largest absolute Gasteiger partial charge is 0.360 e. The standard InChI is InChI=1S/C18H34N2S/c1-12(2)15-10-7-11-16(13(3)4)17(15)20-18(21)19-14-8-5-6-9-14/h12-17H,5-11H2,1-4H3,(H2,19,20,21). The van der Waals surface area contributed by atoms with E-state index in [1.165, 1.54) is 44.9 Å². The van der Waals surface area contributed by atoms with E-state index in [2.05, 4.69) is 38.3 Å². The highest BCUT2D eigenvalue weighted by Crippen LogP contribution is 2.37. The quantitative estimate of drug-likeness (QED) is 0.748. The van der Waals surface area contributed by atoms with Crippen LogP contribution in [0.1, 0.15) is 72.6 Å². The van der Waals surface area contributed by atoms with E-state index in [9.17, 15) is 0 Å². The van der Waals surface area contributed by atoms with E-state index >= 15 is 0 Å². The molecule has 2 atom stereocenters. The first-order valence-corrected chi connectivity index (χ1v) is 9.47. The fourth-order valence-corrected chi connectivity index (χ4v) is 4.73. The molecule has 2 aliphatic rings. The average Bonchev–Trinajstić information content (AvgIpc) is 2.91. The average molecular weight is 311 g/mol. The van der Waals surface area contributed by atoms with Crippen LogP contribution in [0.4, 0.5) is 0 Å². The zero-order valence-corrected chi connectivity index (χ0v) is 15.1. The second kappa shape index (κ2) is 7.80. The Labute approximate surface area is 136 Å². The van der Waals surface area contributed by atoms with Crippen LogP contribution >= 0.6 is 12.2 Å². The fraction of sp³-hybridized carbons (Fsp3) is 0.944. The van der Waals surface area contributed by atoms with Gasteiger partial charge in [0.2, 0.25) is 0 Å². The van der Waals surface area contributed by atoms with Crippen molar-refractivity contribution in [1.29, 1.82) is 0 Å². The van der Waals surface area contributed by atoms with Crippen LogP contribution in [-0.4, -0.2) is 17.2 Å². The van der Waals surface area contributed by atoms with E-state index in [-0.39, 0.29) is 0 Å². The molecule has 0 aromatic heterocycles. The molecule has 2 fully saturated rings. The molecule has 2 aliphatic carbocycles. The lowest BCUT2D eigenvalue weighted by Gasteiger charge is -2.43. The Morgan fingerprint density at radius 3 is 1.81 bits per heavy atom. The number of rotatable bonds is 4. The maximum atomic E-state index is 5.63. The molecule has 0 radical (unpaired) electrons. The molecule has 2 N–H and O–H groups in total. The van der Waals surface area contributed by atoms with Gasteiger partial charge in [-0.3, -0.25) is 0 Å². The minimum Gasteiger partial charge on any atom is -0.360 e. The molecule has 0 aromatic rings. The molecule has 0 amide bonds. The van der Waals surface area contributed by atoms with Crippen LogP contribution in [0.15, 0.2) is 0 Å². The molecular weight excluding hydrogens is 276 g/mol. The molecule has 3 heteroatoms. The topological polar surface area (TPSA) is 24.1 Å². The monoisotopic (exact) mass is 310 g/mol. The molecular formula is C18H34N2S. The molecule has 0 bridgehead atoms. The highest BCUT2D eigenvalue weighted by molar-refractivity contribution is 7.80. The zero-order valence-electron chi connectivity index (χ0n) is 14.3. The van der Waals surface area contributed by atoms with Gasteiger partial charge >= 0.3 is 0 Å². The van der Waals surface area contributed by atoms with Crippen LogP contribution in [-0.2, 0) is 0 Å². The molecule has 0 aromatic carbocycles. The highest BCUT2D eigenvalue weighted by atomic mass is 32.1. The first kappa shape index (κ1) is 17.1. The SMILES string of the molecule is CC(C)C1CCCC(C(C)C)C1NC(=S)NC1CCCC1. The van der Waals surface area contributed by atoms with Gasteiger partial charge in [-0.2, -0.15) is 0 Å². The number of thiocarbonyl (C=S) groups is 1. The number of hydrogen-bond donors (Lipinski definition) is 2. The van der Waals surface area contributed by atoms with Crippen molar-refractivity contribution in [3.63, 3.8) is 0 Å². The van der Waals surface area contributed by atoms with Crippen LogP contribution < -0.4 is 10.6 Å². The van der Waals surface area contributed by atoms with E-state index in [1.807, 2.05) is 0 Å². The van der Waals surface area contributed by atoms with Crippen molar-refractivity contribution in [3.05, 3.63) is 0 Å². The minimum absolute atomic E-state index is 0.556. The Bertz CT molecular complexity index is 318. The Kier molecular flexibility index (Phi) is 6.34. The first-order chi connectivity index (χ1) is 9.99. The van der Waals surface area contributed by atoms with Crippen LogP contribution in [0.3, 0.4) is 0 Å². The summed E-state index contributed by atoms with van der Waals surface area (Å²) in [7, 11) is 0. The molecule has 2 rings (SSSR count). The first-order valence-electron chi connectivity index (χ1n) is 9.06. The molecule has 0 aliphatic heterocycles. The summed E-state index contributed by atoms with van der Waals surface area (Å²) in [4.78, 5) is 0. The molecule has 2 nitrogen and oxygen atoms in total. The second-order valence-electron chi connectivity index (χ2n) is 7.87. The second-order valence-corrected chi connectivity index (χ2v) is 8.28. The predicted molar refractivity (Wildman–Crippen MR) is 95.4 cm³/mol. The van der Waals surface area contributed by atoms with Crippen molar-refractivity contribution in [2.45, 2.75) is 84.7 Å². The summed E-state index contributed by atoms with van der Waals surface area (Å²) in [6, 6.07) is 1.17. The van der Waals surface area contributed by atoms with E-state index < -0.39 is 0 Å². The van der Waals surface area contributed by atoms with Crippen molar-refractivity contribution in [3.8, 4) is 0 Å². The number of hydrogen-bond acceptors (Lipinski definition) is 1. The highest BCUT2D eigenvalue weighted by Gasteiger charge is 2.36. The van der Waals surface area contributed by atoms with E-state index in [4.69, 9.17) is 12.2 Å². The number of nitrogens with one attached hydrogen (secondary N) is 2. The third kappa shape index (κ3) is 4.58. The Morgan fingerprint density at radius 2 is 1.33 bits per heavy atom. The van der Waals surface area contributed by atoms with Crippen molar-refractivity contribution >= 4 is 17.3 Å². The molecule has 21 heavy (non-hydrogen) atoms. The van der Waals surface area contributed by atoms with Gasteiger partial charge in [-0.05, 0) is 61.6 Å². The van der Waals surface area contributed by atoms with Crippen LogP contribution in [0.5, 0.6) is 0 Å². The zero-order chi connectivity index (χ0) is 15.4. The summed E-state index contributed by atoms with van der Waals surface area (Å²) < 4.78 is 0. The summed E-state index contributed by atoms with van der Waals surface area (Å²) in [5.74, 6) is 2.99. The van der Waals surface area contributed by atoms with Crippen LogP contribution in [0.2, 0.25) is 0 Å². The Balaban J connectivity index is 1.98.